The van der Waals surface area contributed by atoms with E-state index in [-0.39, 0.29) is 5.41 Å². The SMILES string of the molecule is Cc1ccc(C)c2c1CC1(CCN(C)CC1)C2=O. The molecule has 0 aromatic heterocycles. The van der Waals surface area contributed by atoms with Crippen LogP contribution in [0, 0.1) is 19.3 Å². The summed E-state index contributed by atoms with van der Waals surface area (Å²) in [6.07, 6.45) is 3.02. The first-order chi connectivity index (χ1) is 8.53. The van der Waals surface area contributed by atoms with Crippen LogP contribution in [0.25, 0.3) is 0 Å². The molecule has 0 radical (unpaired) electrons. The van der Waals surface area contributed by atoms with Gasteiger partial charge in [0.2, 0.25) is 0 Å². The molecule has 0 atom stereocenters. The van der Waals surface area contributed by atoms with Crippen molar-refractivity contribution in [3.63, 3.8) is 0 Å². The van der Waals surface area contributed by atoms with Crippen LogP contribution in [0.4, 0.5) is 0 Å². The number of nitrogens with zero attached hydrogens (tertiary/aromatic N) is 1. The molecule has 2 heteroatoms. The van der Waals surface area contributed by atoms with E-state index in [0.29, 0.717) is 5.78 Å². The Balaban J connectivity index is 2.04. The average molecular weight is 243 g/mol. The van der Waals surface area contributed by atoms with E-state index in [9.17, 15) is 4.79 Å². The van der Waals surface area contributed by atoms with Gasteiger partial charge in [0.25, 0.3) is 0 Å². The van der Waals surface area contributed by atoms with E-state index in [2.05, 4.69) is 37.9 Å². The summed E-state index contributed by atoms with van der Waals surface area (Å²) in [4.78, 5) is 15.2. The maximum atomic E-state index is 12.8. The van der Waals surface area contributed by atoms with Crippen molar-refractivity contribution in [1.82, 2.24) is 4.90 Å². The van der Waals surface area contributed by atoms with E-state index in [0.717, 1.165) is 43.5 Å². The molecular formula is C16H21NO. The first kappa shape index (κ1) is 11.9. The number of hydrogen-bond acceptors (Lipinski definition) is 2. The van der Waals surface area contributed by atoms with Gasteiger partial charge in [-0.25, -0.2) is 0 Å². The Hall–Kier alpha value is -1.15. The monoisotopic (exact) mass is 243 g/mol. The van der Waals surface area contributed by atoms with Gasteiger partial charge in [-0.3, -0.25) is 4.79 Å². The molecule has 0 unspecified atom stereocenters. The second-order valence-electron chi connectivity index (χ2n) is 6.14. The Bertz CT molecular complexity index is 510. The number of Topliss-reactive ketones (excluding diaryl/α,β-unsaturated/α-hetero) is 1. The zero-order chi connectivity index (χ0) is 12.9. The topological polar surface area (TPSA) is 20.3 Å². The summed E-state index contributed by atoms with van der Waals surface area (Å²) >= 11 is 0. The molecule has 0 saturated carbocycles. The highest BCUT2D eigenvalue weighted by Crippen LogP contribution is 2.46. The number of ketones is 1. The maximum absolute atomic E-state index is 12.8. The molecule has 18 heavy (non-hydrogen) atoms. The van der Waals surface area contributed by atoms with E-state index in [1.807, 2.05) is 0 Å². The predicted molar refractivity (Wildman–Crippen MR) is 73.1 cm³/mol. The lowest BCUT2D eigenvalue weighted by atomic mass is 9.75. The summed E-state index contributed by atoms with van der Waals surface area (Å²) in [5.74, 6) is 0.423. The van der Waals surface area contributed by atoms with Crippen LogP contribution in [0.1, 0.15) is 39.9 Å². The number of rotatable bonds is 0. The van der Waals surface area contributed by atoms with Gasteiger partial charge < -0.3 is 4.90 Å². The molecule has 1 fully saturated rings. The number of aryl methyl sites for hydroxylation is 2. The second kappa shape index (κ2) is 3.92. The Morgan fingerprint density at radius 3 is 2.33 bits per heavy atom. The van der Waals surface area contributed by atoms with Crippen molar-refractivity contribution < 1.29 is 4.79 Å². The van der Waals surface area contributed by atoms with Crippen LogP contribution in [-0.2, 0) is 6.42 Å². The van der Waals surface area contributed by atoms with Crippen molar-refractivity contribution >= 4 is 5.78 Å². The lowest BCUT2D eigenvalue weighted by molar-refractivity contribution is 0.0670. The van der Waals surface area contributed by atoms with Crippen LogP contribution in [0.3, 0.4) is 0 Å². The molecule has 1 saturated heterocycles. The van der Waals surface area contributed by atoms with E-state index in [1.165, 1.54) is 11.1 Å². The molecule has 2 nitrogen and oxygen atoms in total. The molecule has 0 N–H and O–H groups in total. The second-order valence-corrected chi connectivity index (χ2v) is 6.14. The predicted octanol–water partition coefficient (Wildman–Crippen LogP) is 2.75. The lowest BCUT2D eigenvalue weighted by Crippen LogP contribution is -2.41. The maximum Gasteiger partial charge on any atom is 0.169 e. The molecule has 1 heterocycles. The Kier molecular flexibility index (Phi) is 2.60. The van der Waals surface area contributed by atoms with Crippen molar-refractivity contribution in [2.75, 3.05) is 20.1 Å². The van der Waals surface area contributed by atoms with Crippen LogP contribution in [0.5, 0.6) is 0 Å². The van der Waals surface area contributed by atoms with Gasteiger partial charge in [0.05, 0.1) is 0 Å². The average Bonchev–Trinajstić information content (AvgIpc) is 2.64. The first-order valence-corrected chi connectivity index (χ1v) is 6.86. The van der Waals surface area contributed by atoms with Gasteiger partial charge >= 0.3 is 0 Å². The molecule has 2 aliphatic rings. The summed E-state index contributed by atoms with van der Waals surface area (Å²) in [6.45, 7) is 6.32. The fourth-order valence-corrected chi connectivity index (χ4v) is 3.55. The molecule has 96 valence electrons. The fraction of sp³-hybridized carbons (Fsp3) is 0.562. The summed E-state index contributed by atoms with van der Waals surface area (Å²) in [7, 11) is 2.15. The number of likely N-dealkylation sites (tertiary alicyclic amines) is 1. The van der Waals surface area contributed by atoms with E-state index < -0.39 is 0 Å². The van der Waals surface area contributed by atoms with Gasteiger partial charge in [0.15, 0.2) is 5.78 Å². The van der Waals surface area contributed by atoms with Crippen molar-refractivity contribution in [2.45, 2.75) is 33.1 Å². The molecule has 1 aliphatic carbocycles. The number of benzene rings is 1. The van der Waals surface area contributed by atoms with Gasteiger partial charge in [-0.2, -0.15) is 0 Å². The van der Waals surface area contributed by atoms with Gasteiger partial charge in [-0.1, -0.05) is 12.1 Å². The number of piperidine rings is 1. The highest BCUT2D eigenvalue weighted by Gasteiger charge is 2.47. The van der Waals surface area contributed by atoms with Crippen molar-refractivity contribution in [3.8, 4) is 0 Å². The van der Waals surface area contributed by atoms with Gasteiger partial charge in [-0.05, 0) is 69.9 Å². The third-order valence-corrected chi connectivity index (χ3v) is 4.92. The standard InChI is InChI=1S/C16H21NO/c1-11-4-5-12(2)14-13(11)10-16(15(14)18)6-8-17(3)9-7-16/h4-5H,6-10H2,1-3H3. The summed E-state index contributed by atoms with van der Waals surface area (Å²) in [5.41, 5.74) is 4.74. The fourth-order valence-electron chi connectivity index (χ4n) is 3.55. The molecule has 1 spiro atoms. The van der Waals surface area contributed by atoms with Gasteiger partial charge in [-0.15, -0.1) is 0 Å². The van der Waals surface area contributed by atoms with Gasteiger partial charge in [0.1, 0.15) is 0 Å². The Labute approximate surface area is 109 Å². The van der Waals surface area contributed by atoms with Crippen molar-refractivity contribution in [2.24, 2.45) is 5.41 Å². The highest BCUT2D eigenvalue weighted by molar-refractivity contribution is 6.06. The minimum atomic E-state index is -0.0777. The van der Waals surface area contributed by atoms with E-state index in [4.69, 9.17) is 0 Å². The van der Waals surface area contributed by atoms with Crippen LogP contribution >= 0.6 is 0 Å². The molecule has 1 aromatic rings. The number of hydrogen-bond donors (Lipinski definition) is 0. The minimum absolute atomic E-state index is 0.0777. The van der Waals surface area contributed by atoms with Crippen molar-refractivity contribution in [3.05, 3.63) is 34.4 Å². The van der Waals surface area contributed by atoms with Crippen LogP contribution in [0.15, 0.2) is 12.1 Å². The first-order valence-electron chi connectivity index (χ1n) is 6.86. The van der Waals surface area contributed by atoms with Crippen LogP contribution in [-0.4, -0.2) is 30.8 Å². The van der Waals surface area contributed by atoms with Gasteiger partial charge in [0, 0.05) is 11.0 Å². The Morgan fingerprint density at radius 2 is 1.72 bits per heavy atom. The molecule has 3 rings (SSSR count). The van der Waals surface area contributed by atoms with E-state index >= 15 is 0 Å². The minimum Gasteiger partial charge on any atom is -0.306 e. The van der Waals surface area contributed by atoms with Crippen molar-refractivity contribution in [1.29, 1.82) is 0 Å². The number of carbonyl (C=O) groups is 1. The van der Waals surface area contributed by atoms with Crippen LogP contribution in [0.2, 0.25) is 0 Å². The Morgan fingerprint density at radius 1 is 1.11 bits per heavy atom. The van der Waals surface area contributed by atoms with Crippen LogP contribution < -0.4 is 0 Å². The lowest BCUT2D eigenvalue weighted by Gasteiger charge is -2.36. The summed E-state index contributed by atoms with van der Waals surface area (Å²) in [6, 6.07) is 4.26. The third-order valence-electron chi connectivity index (χ3n) is 4.92. The molecule has 1 aliphatic heterocycles. The zero-order valence-electron chi connectivity index (χ0n) is 11.5. The number of fused-ring (bicyclic) bond motifs is 1. The normalized spacial score (nSPS) is 22.5. The molecular weight excluding hydrogens is 222 g/mol. The summed E-state index contributed by atoms with van der Waals surface area (Å²) < 4.78 is 0. The quantitative estimate of drug-likeness (QED) is 0.698. The molecule has 1 aromatic carbocycles. The molecule has 0 bridgehead atoms. The largest absolute Gasteiger partial charge is 0.306 e. The highest BCUT2D eigenvalue weighted by atomic mass is 16.1. The third kappa shape index (κ3) is 1.55. The number of carbonyl (C=O) groups excluding carboxylic acids is 1. The molecule has 0 amide bonds. The van der Waals surface area contributed by atoms with E-state index in [1.54, 1.807) is 0 Å². The smallest absolute Gasteiger partial charge is 0.169 e. The summed E-state index contributed by atoms with van der Waals surface area (Å²) in [5, 5.41) is 0. The zero-order valence-corrected chi connectivity index (χ0v) is 11.5.